The van der Waals surface area contributed by atoms with Crippen LogP contribution in [0.15, 0.2) is 23.8 Å². The van der Waals surface area contributed by atoms with Crippen LogP contribution in [-0.2, 0) is 6.42 Å². The maximum atomic E-state index is 10.3. The molecule has 1 N–H and O–H groups in total. The fourth-order valence-electron chi connectivity index (χ4n) is 1.99. The van der Waals surface area contributed by atoms with Crippen molar-refractivity contribution in [1.82, 2.24) is 4.98 Å². The lowest BCUT2D eigenvalue weighted by atomic mass is 10.0. The van der Waals surface area contributed by atoms with Crippen molar-refractivity contribution < 1.29 is 19.3 Å². The lowest BCUT2D eigenvalue weighted by molar-refractivity contribution is 0.170. The number of rotatable bonds is 4. The minimum absolute atomic E-state index is 0.181. The van der Waals surface area contributed by atoms with Gasteiger partial charge in [-0.2, -0.15) is 0 Å². The predicted molar refractivity (Wildman–Crippen MR) is 69.9 cm³/mol. The first kappa shape index (κ1) is 12.3. The molecule has 0 aliphatic carbocycles. The normalized spacial score (nSPS) is 14.4. The molecule has 1 aromatic carbocycles. The van der Waals surface area contributed by atoms with Gasteiger partial charge in [-0.15, -0.1) is 11.3 Å². The highest BCUT2D eigenvalue weighted by atomic mass is 32.1. The number of aliphatic hydroxyl groups excluding tert-OH is 1. The minimum Gasteiger partial charge on any atom is -0.493 e. The Kier molecular flexibility index (Phi) is 3.27. The third-order valence-electron chi connectivity index (χ3n) is 2.94. The number of hydrogen-bond donors (Lipinski definition) is 1. The molecule has 0 saturated carbocycles. The van der Waals surface area contributed by atoms with Crippen molar-refractivity contribution in [2.45, 2.75) is 12.5 Å². The zero-order chi connectivity index (χ0) is 13.2. The van der Waals surface area contributed by atoms with Gasteiger partial charge in [-0.05, 0) is 17.7 Å². The largest absolute Gasteiger partial charge is 0.493 e. The van der Waals surface area contributed by atoms with Crippen molar-refractivity contribution in [3.8, 4) is 17.2 Å². The number of nitrogens with zero attached hydrogens (tertiary/aromatic N) is 1. The van der Waals surface area contributed by atoms with E-state index < -0.39 is 6.10 Å². The van der Waals surface area contributed by atoms with Gasteiger partial charge in [-0.1, -0.05) is 0 Å². The third-order valence-corrected chi connectivity index (χ3v) is 3.75. The fourth-order valence-corrected chi connectivity index (χ4v) is 2.63. The number of hydrogen-bond acceptors (Lipinski definition) is 6. The molecule has 1 aliphatic heterocycles. The molecule has 0 spiro atoms. The molecule has 19 heavy (non-hydrogen) atoms. The van der Waals surface area contributed by atoms with E-state index in [1.165, 1.54) is 11.3 Å². The average molecular weight is 279 g/mol. The highest BCUT2D eigenvalue weighted by Gasteiger charge is 2.22. The molecule has 3 rings (SSSR count). The monoisotopic (exact) mass is 279 g/mol. The van der Waals surface area contributed by atoms with E-state index in [2.05, 4.69) is 4.98 Å². The van der Waals surface area contributed by atoms with Crippen LogP contribution < -0.4 is 14.2 Å². The van der Waals surface area contributed by atoms with Crippen LogP contribution in [0, 0.1) is 0 Å². The number of ether oxygens (including phenoxy) is 3. The van der Waals surface area contributed by atoms with E-state index in [0.717, 1.165) is 10.4 Å². The second kappa shape index (κ2) is 5.07. The molecule has 1 aliphatic rings. The Labute approximate surface area is 114 Å². The molecule has 5 nitrogen and oxygen atoms in total. The smallest absolute Gasteiger partial charge is 0.231 e. The van der Waals surface area contributed by atoms with E-state index in [-0.39, 0.29) is 6.79 Å². The van der Waals surface area contributed by atoms with Crippen LogP contribution in [0.3, 0.4) is 0 Å². The first-order chi connectivity index (χ1) is 9.28. The Morgan fingerprint density at radius 1 is 1.47 bits per heavy atom. The van der Waals surface area contributed by atoms with Crippen LogP contribution in [0.2, 0.25) is 0 Å². The molecule has 0 fully saturated rings. The van der Waals surface area contributed by atoms with Gasteiger partial charge in [-0.25, -0.2) is 0 Å². The summed E-state index contributed by atoms with van der Waals surface area (Å²) in [6.07, 6.45) is 1.66. The van der Waals surface area contributed by atoms with Crippen LogP contribution in [0.4, 0.5) is 0 Å². The molecular weight excluding hydrogens is 266 g/mol. The second-order valence-corrected chi connectivity index (χ2v) is 5.12. The number of aromatic nitrogens is 1. The number of aliphatic hydroxyl groups is 1. The maximum absolute atomic E-state index is 10.3. The second-order valence-electron chi connectivity index (χ2n) is 4.14. The standard InChI is InChI=1S/C13H13NO4S/c1-16-11-2-8(3-12-13(11)18-7-17-12)10(15)4-9-5-14-6-19-9/h2-3,5-6,10,15H,4,7H2,1H3. The highest BCUT2D eigenvalue weighted by molar-refractivity contribution is 7.09. The Hall–Kier alpha value is -1.79. The summed E-state index contributed by atoms with van der Waals surface area (Å²) in [5.74, 6) is 1.78. The molecule has 2 aromatic rings. The van der Waals surface area contributed by atoms with Crippen LogP contribution in [0.5, 0.6) is 17.2 Å². The molecule has 0 saturated heterocycles. The molecule has 0 amide bonds. The Balaban J connectivity index is 1.88. The lowest BCUT2D eigenvalue weighted by Gasteiger charge is -2.12. The Morgan fingerprint density at radius 2 is 2.37 bits per heavy atom. The number of fused-ring (bicyclic) bond motifs is 1. The number of thiazole rings is 1. The highest BCUT2D eigenvalue weighted by Crippen LogP contribution is 2.43. The van der Waals surface area contributed by atoms with Gasteiger partial charge in [0.15, 0.2) is 11.5 Å². The van der Waals surface area contributed by atoms with Crippen molar-refractivity contribution >= 4 is 11.3 Å². The molecule has 0 radical (unpaired) electrons. The molecule has 2 heterocycles. The van der Waals surface area contributed by atoms with Gasteiger partial charge in [0, 0.05) is 17.5 Å². The van der Waals surface area contributed by atoms with E-state index in [1.807, 2.05) is 0 Å². The molecule has 1 atom stereocenters. The van der Waals surface area contributed by atoms with E-state index in [9.17, 15) is 5.11 Å². The summed E-state index contributed by atoms with van der Waals surface area (Å²) in [6.45, 7) is 0.181. The van der Waals surface area contributed by atoms with Crippen molar-refractivity contribution in [1.29, 1.82) is 0 Å². The zero-order valence-corrected chi connectivity index (χ0v) is 11.1. The minimum atomic E-state index is -0.621. The van der Waals surface area contributed by atoms with Crippen LogP contribution in [0.1, 0.15) is 16.5 Å². The summed E-state index contributed by atoms with van der Waals surface area (Å²) in [5, 5.41) is 10.3. The van der Waals surface area contributed by atoms with E-state index in [0.29, 0.717) is 23.7 Å². The van der Waals surface area contributed by atoms with Crippen molar-refractivity contribution in [2.24, 2.45) is 0 Å². The molecule has 1 unspecified atom stereocenters. The van der Waals surface area contributed by atoms with Gasteiger partial charge < -0.3 is 19.3 Å². The van der Waals surface area contributed by atoms with Gasteiger partial charge in [0.05, 0.1) is 18.7 Å². The van der Waals surface area contributed by atoms with Gasteiger partial charge in [0.2, 0.25) is 12.5 Å². The number of benzene rings is 1. The first-order valence-electron chi connectivity index (χ1n) is 5.81. The van der Waals surface area contributed by atoms with Crippen molar-refractivity contribution in [2.75, 3.05) is 13.9 Å². The number of methoxy groups -OCH3 is 1. The third kappa shape index (κ3) is 2.36. The van der Waals surface area contributed by atoms with E-state index in [4.69, 9.17) is 14.2 Å². The topological polar surface area (TPSA) is 60.8 Å². The first-order valence-corrected chi connectivity index (χ1v) is 6.69. The lowest BCUT2D eigenvalue weighted by Crippen LogP contribution is -2.01. The van der Waals surface area contributed by atoms with Crippen LogP contribution in [0.25, 0.3) is 0 Å². The van der Waals surface area contributed by atoms with E-state index >= 15 is 0 Å². The van der Waals surface area contributed by atoms with Gasteiger partial charge in [0.1, 0.15) is 0 Å². The zero-order valence-electron chi connectivity index (χ0n) is 10.3. The predicted octanol–water partition coefficient (Wildman–Crippen LogP) is 2.16. The Morgan fingerprint density at radius 3 is 3.11 bits per heavy atom. The average Bonchev–Trinajstić information content (AvgIpc) is 3.07. The van der Waals surface area contributed by atoms with E-state index in [1.54, 1.807) is 30.9 Å². The maximum Gasteiger partial charge on any atom is 0.231 e. The molecule has 6 heteroatoms. The quantitative estimate of drug-likeness (QED) is 0.929. The fraction of sp³-hybridized carbons (Fsp3) is 0.308. The summed E-state index contributed by atoms with van der Waals surface area (Å²) in [6, 6.07) is 3.57. The summed E-state index contributed by atoms with van der Waals surface area (Å²) in [4.78, 5) is 5.03. The molecule has 1 aromatic heterocycles. The summed E-state index contributed by atoms with van der Waals surface area (Å²) < 4.78 is 15.9. The summed E-state index contributed by atoms with van der Waals surface area (Å²) in [5.41, 5.74) is 2.50. The van der Waals surface area contributed by atoms with Gasteiger partial charge in [0.25, 0.3) is 0 Å². The molecule has 100 valence electrons. The summed E-state index contributed by atoms with van der Waals surface area (Å²) >= 11 is 1.52. The molecule has 0 bridgehead atoms. The summed E-state index contributed by atoms with van der Waals surface area (Å²) in [7, 11) is 1.57. The van der Waals surface area contributed by atoms with Crippen LogP contribution in [-0.4, -0.2) is 24.0 Å². The van der Waals surface area contributed by atoms with Crippen molar-refractivity contribution in [3.05, 3.63) is 34.3 Å². The van der Waals surface area contributed by atoms with Gasteiger partial charge in [-0.3, -0.25) is 4.98 Å². The Bertz CT molecular complexity index is 570. The van der Waals surface area contributed by atoms with Gasteiger partial charge >= 0.3 is 0 Å². The molecular formula is C13H13NO4S. The SMILES string of the molecule is COc1cc(C(O)Cc2cncs2)cc2c1OCO2. The van der Waals surface area contributed by atoms with Crippen LogP contribution >= 0.6 is 11.3 Å². The van der Waals surface area contributed by atoms with Crippen molar-refractivity contribution in [3.63, 3.8) is 0 Å².